The minimum Gasteiger partial charge on any atom is -0.388 e. The van der Waals surface area contributed by atoms with Crippen LogP contribution in [0.3, 0.4) is 0 Å². The minimum atomic E-state index is -1.28. The molecule has 4 N–H and O–H groups in total. The third kappa shape index (κ3) is 9.89. The first kappa shape index (κ1) is 29.3. The number of amides is 2. The van der Waals surface area contributed by atoms with Gasteiger partial charge in [-0.3, -0.25) is 14.4 Å². The van der Waals surface area contributed by atoms with Gasteiger partial charge in [-0.25, -0.2) is 0 Å². The van der Waals surface area contributed by atoms with Crippen molar-refractivity contribution < 1.29 is 53.0 Å². The number of carbonyl (C=O) groups is 3. The van der Waals surface area contributed by atoms with Gasteiger partial charge in [0, 0.05) is 19.5 Å². The van der Waals surface area contributed by atoms with Gasteiger partial charge in [0.25, 0.3) is 0 Å². The number of aliphatic hydroxyl groups is 2. The van der Waals surface area contributed by atoms with Gasteiger partial charge in [-0.05, 0) is 13.0 Å². The highest BCUT2D eigenvalue weighted by molar-refractivity contribution is 5.96. The molecule has 2 rings (SSSR count). The molecule has 2 amide bonds. The molecule has 5 atom stereocenters. The minimum absolute atomic E-state index is 0.000807. The number of nitrogens with one attached hydrogen (secondary N) is 2. The van der Waals surface area contributed by atoms with E-state index in [1.807, 2.05) is 0 Å². The topological polar surface area (TPSA) is 171 Å². The highest BCUT2D eigenvalue weighted by Crippen LogP contribution is 2.37. The summed E-state index contributed by atoms with van der Waals surface area (Å²) in [5.74, 6) is -0.906. The van der Waals surface area contributed by atoms with Gasteiger partial charge in [0.2, 0.25) is 11.8 Å². The summed E-state index contributed by atoms with van der Waals surface area (Å²) in [5.41, 5.74) is -1.20. The fourth-order valence-electron chi connectivity index (χ4n) is 3.48. The number of ketones is 1. The van der Waals surface area contributed by atoms with Crippen molar-refractivity contribution in [1.29, 1.82) is 0 Å². The number of carbonyl (C=O) groups excluding carboxylic acids is 3. The molecule has 0 radical (unpaired) electrons. The molecule has 200 valence electrons. The van der Waals surface area contributed by atoms with Crippen LogP contribution in [-0.2, 0) is 42.8 Å². The molecule has 35 heavy (non-hydrogen) atoms. The Labute approximate surface area is 204 Å². The number of ether oxygens (including phenoxy) is 6. The van der Waals surface area contributed by atoms with E-state index in [4.69, 9.17) is 28.4 Å². The molecule has 0 aliphatic carbocycles. The summed E-state index contributed by atoms with van der Waals surface area (Å²) in [6, 6.07) is -0.853. The van der Waals surface area contributed by atoms with Gasteiger partial charge < -0.3 is 49.3 Å². The first-order chi connectivity index (χ1) is 16.7. The number of rotatable bonds is 17. The van der Waals surface area contributed by atoms with Crippen LogP contribution < -0.4 is 10.6 Å². The molecule has 0 unspecified atom stereocenters. The van der Waals surface area contributed by atoms with E-state index in [2.05, 4.69) is 10.6 Å². The van der Waals surface area contributed by atoms with Crippen LogP contribution in [0.5, 0.6) is 0 Å². The quantitative estimate of drug-likeness (QED) is 0.124. The summed E-state index contributed by atoms with van der Waals surface area (Å²) >= 11 is 0. The molecule has 2 fully saturated rings. The molecule has 2 bridgehead atoms. The third-order valence-electron chi connectivity index (χ3n) is 5.21. The van der Waals surface area contributed by atoms with E-state index in [9.17, 15) is 24.6 Å². The first-order valence-electron chi connectivity index (χ1n) is 11.5. The van der Waals surface area contributed by atoms with Gasteiger partial charge >= 0.3 is 0 Å². The van der Waals surface area contributed by atoms with Crippen molar-refractivity contribution in [1.82, 2.24) is 10.6 Å². The van der Waals surface area contributed by atoms with Crippen molar-refractivity contribution in [3.8, 4) is 0 Å². The number of allylic oxidation sites excluding steroid dienone is 1. The van der Waals surface area contributed by atoms with Crippen molar-refractivity contribution >= 4 is 17.6 Å². The largest absolute Gasteiger partial charge is 0.388 e. The van der Waals surface area contributed by atoms with Crippen LogP contribution in [0.4, 0.5) is 0 Å². The summed E-state index contributed by atoms with van der Waals surface area (Å²) in [7, 11) is 0. The Balaban J connectivity index is 1.43. The van der Waals surface area contributed by atoms with E-state index in [0.717, 1.165) is 0 Å². The number of aliphatic hydroxyl groups excluding tert-OH is 2. The standard InChI is InChI=1S/C22H36N2O11/c1-15(25)3-4-17(27)23-5-6-30-7-8-31-9-10-32-11-12-33-13-22-14-34-21(35-22)18(24-16(2)26)19(28)20(22)29/h3-4,18-21,28-29H,5-14H2,1-2H3,(H,23,27)(H,24,26)/b4-3+/t18-,19+,20+,21-,22-/m0/s1. The first-order valence-corrected chi connectivity index (χ1v) is 11.5. The second kappa shape index (κ2) is 15.2. The molecule has 2 aliphatic heterocycles. The highest BCUT2D eigenvalue weighted by atomic mass is 16.8. The van der Waals surface area contributed by atoms with Crippen LogP contribution in [0, 0.1) is 0 Å². The second-order valence-electron chi connectivity index (χ2n) is 8.15. The van der Waals surface area contributed by atoms with E-state index in [1.54, 1.807) is 0 Å². The molecular formula is C22H36N2O11. The maximum Gasteiger partial charge on any atom is 0.244 e. The number of hydrogen-bond acceptors (Lipinski definition) is 11. The van der Waals surface area contributed by atoms with Crippen LogP contribution in [-0.4, -0.2) is 124 Å². The van der Waals surface area contributed by atoms with E-state index >= 15 is 0 Å². The Bertz CT molecular complexity index is 720. The maximum absolute atomic E-state index is 11.3. The maximum atomic E-state index is 11.3. The summed E-state index contributed by atoms with van der Waals surface area (Å²) in [6.45, 7) is 5.36. The van der Waals surface area contributed by atoms with E-state index < -0.39 is 30.1 Å². The molecule has 0 aromatic rings. The lowest BCUT2D eigenvalue weighted by atomic mass is 9.88. The average Bonchev–Trinajstić information content (AvgIpc) is 3.21. The Hall–Kier alpha value is -1.97. The van der Waals surface area contributed by atoms with Gasteiger partial charge in [-0.15, -0.1) is 0 Å². The zero-order valence-corrected chi connectivity index (χ0v) is 20.1. The molecule has 13 nitrogen and oxygen atoms in total. The monoisotopic (exact) mass is 504 g/mol. The van der Waals surface area contributed by atoms with Crippen molar-refractivity contribution in [2.24, 2.45) is 0 Å². The van der Waals surface area contributed by atoms with Crippen molar-refractivity contribution in [2.75, 3.05) is 66.0 Å². The molecule has 0 aromatic heterocycles. The van der Waals surface area contributed by atoms with Gasteiger partial charge in [-0.2, -0.15) is 0 Å². The number of hydrogen-bond donors (Lipinski definition) is 4. The lowest BCUT2D eigenvalue weighted by Gasteiger charge is -2.42. The Morgan fingerprint density at radius 2 is 1.54 bits per heavy atom. The lowest BCUT2D eigenvalue weighted by Crippen LogP contribution is -2.66. The SMILES string of the molecule is CC(=O)/C=C/C(=O)NCCOCCOCCOCCOC[C@@]12CO[C@@H](O1)[C@@H](NC(C)=O)[C@@H](O)[C@H]2O. The zero-order chi connectivity index (χ0) is 25.7. The molecule has 2 saturated heterocycles. The molecular weight excluding hydrogens is 468 g/mol. The van der Waals surface area contributed by atoms with Crippen molar-refractivity contribution in [2.45, 2.75) is 44.0 Å². The predicted octanol–water partition coefficient (Wildman–Crippen LogP) is -2.33. The predicted molar refractivity (Wildman–Crippen MR) is 119 cm³/mol. The summed E-state index contributed by atoms with van der Waals surface area (Å²) < 4.78 is 32.9. The van der Waals surface area contributed by atoms with Crippen molar-refractivity contribution in [3.63, 3.8) is 0 Å². The molecule has 0 saturated carbocycles. The molecule has 0 aromatic carbocycles. The molecule has 2 aliphatic rings. The lowest BCUT2D eigenvalue weighted by molar-refractivity contribution is -0.238. The van der Waals surface area contributed by atoms with Crippen LogP contribution in [0.15, 0.2) is 12.2 Å². The summed E-state index contributed by atoms with van der Waals surface area (Å²) in [4.78, 5) is 33.3. The summed E-state index contributed by atoms with van der Waals surface area (Å²) in [5, 5.41) is 25.9. The van der Waals surface area contributed by atoms with Gasteiger partial charge in [-0.1, -0.05) is 0 Å². The normalized spacial score (nSPS) is 27.8. The third-order valence-corrected chi connectivity index (χ3v) is 5.21. The van der Waals surface area contributed by atoms with Gasteiger partial charge in [0.05, 0.1) is 59.5 Å². The van der Waals surface area contributed by atoms with Gasteiger partial charge in [0.1, 0.15) is 23.9 Å². The highest BCUT2D eigenvalue weighted by Gasteiger charge is 2.59. The molecule has 0 spiro atoms. The van der Waals surface area contributed by atoms with Gasteiger partial charge in [0.15, 0.2) is 12.1 Å². The van der Waals surface area contributed by atoms with Crippen LogP contribution >= 0.6 is 0 Å². The number of fused-ring (bicyclic) bond motifs is 2. The fourth-order valence-corrected chi connectivity index (χ4v) is 3.48. The molecule has 2 heterocycles. The Kier molecular flexibility index (Phi) is 12.7. The van der Waals surface area contributed by atoms with Crippen molar-refractivity contribution in [3.05, 3.63) is 12.2 Å². The Morgan fingerprint density at radius 1 is 0.943 bits per heavy atom. The molecule has 13 heteroatoms. The average molecular weight is 505 g/mol. The van der Waals surface area contributed by atoms with Crippen LogP contribution in [0.25, 0.3) is 0 Å². The van der Waals surface area contributed by atoms with Crippen LogP contribution in [0.1, 0.15) is 13.8 Å². The fraction of sp³-hybridized carbons (Fsp3) is 0.773. The Morgan fingerprint density at radius 3 is 2.14 bits per heavy atom. The van der Waals surface area contributed by atoms with E-state index in [1.165, 1.54) is 26.0 Å². The van der Waals surface area contributed by atoms with E-state index in [-0.39, 0.29) is 37.4 Å². The second-order valence-corrected chi connectivity index (χ2v) is 8.15. The zero-order valence-electron chi connectivity index (χ0n) is 20.1. The summed E-state index contributed by atoms with van der Waals surface area (Å²) in [6.07, 6.45) is -1.00. The smallest absolute Gasteiger partial charge is 0.244 e. The van der Waals surface area contributed by atoms with E-state index in [0.29, 0.717) is 46.2 Å². The van der Waals surface area contributed by atoms with Crippen LogP contribution in [0.2, 0.25) is 0 Å².